The highest BCUT2D eigenvalue weighted by Crippen LogP contribution is 2.21. The first-order chi connectivity index (χ1) is 10.1. The predicted molar refractivity (Wildman–Crippen MR) is 85.3 cm³/mol. The van der Waals surface area contributed by atoms with Gasteiger partial charge in [0.1, 0.15) is 6.04 Å². The molecule has 1 unspecified atom stereocenters. The van der Waals surface area contributed by atoms with Crippen LogP contribution in [0.25, 0.3) is 0 Å². The Morgan fingerprint density at radius 3 is 2.36 bits per heavy atom. The molecular formula is C13H20N4O4S. The first-order valence-corrected chi connectivity index (χ1v) is 8.39. The zero-order valence-electron chi connectivity index (χ0n) is 12.9. The van der Waals surface area contributed by atoms with Crippen molar-refractivity contribution in [3.05, 3.63) is 23.8 Å². The van der Waals surface area contributed by atoms with Crippen molar-refractivity contribution >= 4 is 33.3 Å². The monoisotopic (exact) mass is 328 g/mol. The number of sulfonamides is 1. The Morgan fingerprint density at radius 1 is 1.23 bits per heavy atom. The summed E-state index contributed by atoms with van der Waals surface area (Å²) in [5.41, 5.74) is 1.81. The third-order valence-corrected chi connectivity index (χ3v) is 3.35. The maximum Gasteiger partial charge on any atom is 0.321 e. The van der Waals surface area contributed by atoms with E-state index in [0.717, 1.165) is 6.26 Å². The molecular weight excluding hydrogens is 308 g/mol. The van der Waals surface area contributed by atoms with E-state index in [1.807, 2.05) is 0 Å². The van der Waals surface area contributed by atoms with Gasteiger partial charge in [-0.05, 0) is 37.6 Å². The molecule has 0 aromatic heterocycles. The van der Waals surface area contributed by atoms with Crippen molar-refractivity contribution < 1.29 is 18.0 Å². The fourth-order valence-electron chi connectivity index (χ4n) is 1.67. The van der Waals surface area contributed by atoms with Crippen LogP contribution in [-0.2, 0) is 14.8 Å². The van der Waals surface area contributed by atoms with Crippen LogP contribution < -0.4 is 20.7 Å². The fraction of sp³-hybridized carbons (Fsp3) is 0.385. The van der Waals surface area contributed by atoms with Crippen LogP contribution >= 0.6 is 0 Å². The minimum atomic E-state index is -3.34. The minimum Gasteiger partial charge on any atom is -0.374 e. The third-order valence-electron chi connectivity index (χ3n) is 2.76. The highest BCUT2D eigenvalue weighted by molar-refractivity contribution is 7.92. The van der Waals surface area contributed by atoms with Crippen LogP contribution in [0, 0.1) is 6.92 Å². The summed E-state index contributed by atoms with van der Waals surface area (Å²) in [6.07, 6.45) is 1.07. The van der Waals surface area contributed by atoms with Crippen LogP contribution in [0.5, 0.6) is 0 Å². The standard InChI is InChI=1S/C13H20N4O4S/c1-8-7-10(5-6-11(8)17-22(4,20)21)15-9(2)12(18)16-13(19)14-3/h5-7,9,15,17H,1-4H3,(H2,14,16,18,19). The number of imide groups is 1. The van der Waals surface area contributed by atoms with Gasteiger partial charge in [-0.2, -0.15) is 0 Å². The summed E-state index contributed by atoms with van der Waals surface area (Å²) in [6, 6.07) is 3.73. The normalized spacial score (nSPS) is 12.2. The molecule has 0 aliphatic carbocycles. The summed E-state index contributed by atoms with van der Waals surface area (Å²) in [4.78, 5) is 22.8. The predicted octanol–water partition coefficient (Wildman–Crippen LogP) is 0.623. The Kier molecular flexibility index (Phi) is 5.75. The van der Waals surface area contributed by atoms with Gasteiger partial charge in [0.05, 0.1) is 11.9 Å². The summed E-state index contributed by atoms with van der Waals surface area (Å²) in [7, 11) is -1.93. The fourth-order valence-corrected chi connectivity index (χ4v) is 2.29. The second-order valence-corrected chi connectivity index (χ2v) is 6.59. The number of anilines is 2. The van der Waals surface area contributed by atoms with Crippen LogP contribution in [-0.4, -0.2) is 39.7 Å². The van der Waals surface area contributed by atoms with Crippen LogP contribution in [0.15, 0.2) is 18.2 Å². The number of aryl methyl sites for hydroxylation is 1. The largest absolute Gasteiger partial charge is 0.374 e. The summed E-state index contributed by atoms with van der Waals surface area (Å²) < 4.78 is 24.8. The Hall–Kier alpha value is -2.29. The van der Waals surface area contributed by atoms with E-state index in [4.69, 9.17) is 0 Å². The summed E-state index contributed by atoms with van der Waals surface area (Å²) in [6.45, 7) is 3.35. The molecule has 1 rings (SSSR count). The van der Waals surface area contributed by atoms with Crippen LogP contribution in [0.1, 0.15) is 12.5 Å². The Bertz CT molecular complexity index is 673. The Morgan fingerprint density at radius 2 is 1.86 bits per heavy atom. The van der Waals surface area contributed by atoms with Crippen molar-refractivity contribution in [2.45, 2.75) is 19.9 Å². The Balaban J connectivity index is 2.77. The number of benzene rings is 1. The lowest BCUT2D eigenvalue weighted by Crippen LogP contribution is -2.44. The molecule has 3 amide bonds. The lowest BCUT2D eigenvalue weighted by Gasteiger charge is -2.16. The van der Waals surface area contributed by atoms with Crippen molar-refractivity contribution in [2.24, 2.45) is 0 Å². The summed E-state index contributed by atoms with van der Waals surface area (Å²) in [5, 5.41) is 7.39. The summed E-state index contributed by atoms with van der Waals surface area (Å²) >= 11 is 0. The average Bonchev–Trinajstić information content (AvgIpc) is 2.40. The van der Waals surface area contributed by atoms with E-state index in [1.165, 1.54) is 7.05 Å². The smallest absolute Gasteiger partial charge is 0.321 e. The molecule has 0 heterocycles. The zero-order valence-corrected chi connectivity index (χ0v) is 13.7. The second kappa shape index (κ2) is 7.12. The molecule has 8 nitrogen and oxygen atoms in total. The molecule has 1 aromatic carbocycles. The van der Waals surface area contributed by atoms with Gasteiger partial charge in [-0.3, -0.25) is 14.8 Å². The molecule has 0 aliphatic heterocycles. The van der Waals surface area contributed by atoms with Crippen molar-refractivity contribution in [1.82, 2.24) is 10.6 Å². The second-order valence-electron chi connectivity index (χ2n) is 4.84. The van der Waals surface area contributed by atoms with Crippen LogP contribution in [0.2, 0.25) is 0 Å². The zero-order chi connectivity index (χ0) is 16.9. The van der Waals surface area contributed by atoms with Crippen molar-refractivity contribution in [1.29, 1.82) is 0 Å². The third kappa shape index (κ3) is 5.60. The number of carbonyl (C=O) groups excluding carboxylic acids is 2. The number of hydrogen-bond acceptors (Lipinski definition) is 5. The van der Waals surface area contributed by atoms with Crippen molar-refractivity contribution in [2.75, 3.05) is 23.3 Å². The van der Waals surface area contributed by atoms with Gasteiger partial charge in [0.15, 0.2) is 0 Å². The van der Waals surface area contributed by atoms with E-state index in [9.17, 15) is 18.0 Å². The lowest BCUT2D eigenvalue weighted by atomic mass is 10.1. The van der Waals surface area contributed by atoms with Gasteiger partial charge in [-0.25, -0.2) is 13.2 Å². The van der Waals surface area contributed by atoms with Gasteiger partial charge in [-0.1, -0.05) is 0 Å². The molecule has 4 N–H and O–H groups in total. The van der Waals surface area contributed by atoms with Gasteiger partial charge in [0, 0.05) is 12.7 Å². The number of carbonyl (C=O) groups is 2. The molecule has 0 saturated heterocycles. The minimum absolute atomic E-state index is 0.468. The number of hydrogen-bond donors (Lipinski definition) is 4. The highest BCUT2D eigenvalue weighted by atomic mass is 32.2. The van der Waals surface area contributed by atoms with Crippen molar-refractivity contribution in [3.8, 4) is 0 Å². The number of amides is 3. The molecule has 1 aromatic rings. The van der Waals surface area contributed by atoms with E-state index in [1.54, 1.807) is 32.0 Å². The van der Waals surface area contributed by atoms with Gasteiger partial charge in [0.25, 0.3) is 0 Å². The van der Waals surface area contributed by atoms with Gasteiger partial charge in [-0.15, -0.1) is 0 Å². The van der Waals surface area contributed by atoms with E-state index in [2.05, 4.69) is 20.7 Å². The average molecular weight is 328 g/mol. The van der Waals surface area contributed by atoms with Gasteiger partial charge >= 0.3 is 6.03 Å². The molecule has 0 saturated carbocycles. The highest BCUT2D eigenvalue weighted by Gasteiger charge is 2.15. The first kappa shape index (κ1) is 17.8. The Labute approximate surface area is 129 Å². The van der Waals surface area contributed by atoms with E-state index < -0.39 is 28.0 Å². The first-order valence-electron chi connectivity index (χ1n) is 6.50. The number of rotatable bonds is 5. The molecule has 0 radical (unpaired) electrons. The molecule has 0 spiro atoms. The maximum atomic E-state index is 11.7. The summed E-state index contributed by atoms with van der Waals surface area (Å²) in [5.74, 6) is -0.477. The quantitative estimate of drug-likeness (QED) is 0.632. The lowest BCUT2D eigenvalue weighted by molar-refractivity contribution is -0.120. The van der Waals surface area contributed by atoms with Gasteiger partial charge in [0.2, 0.25) is 15.9 Å². The van der Waals surface area contributed by atoms with E-state index in [-0.39, 0.29) is 0 Å². The molecule has 1 atom stereocenters. The SMILES string of the molecule is CNC(=O)NC(=O)C(C)Nc1ccc(NS(C)(=O)=O)c(C)c1. The molecule has 0 fully saturated rings. The molecule has 0 bridgehead atoms. The molecule has 22 heavy (non-hydrogen) atoms. The van der Waals surface area contributed by atoms with Crippen molar-refractivity contribution in [3.63, 3.8) is 0 Å². The van der Waals surface area contributed by atoms with Gasteiger partial charge < -0.3 is 10.6 Å². The topological polar surface area (TPSA) is 116 Å². The molecule has 122 valence electrons. The van der Waals surface area contributed by atoms with Crippen LogP contribution in [0.4, 0.5) is 16.2 Å². The maximum absolute atomic E-state index is 11.7. The molecule has 9 heteroatoms. The number of nitrogens with one attached hydrogen (secondary N) is 4. The van der Waals surface area contributed by atoms with E-state index in [0.29, 0.717) is 16.9 Å². The molecule has 0 aliphatic rings. The number of urea groups is 1. The van der Waals surface area contributed by atoms with E-state index >= 15 is 0 Å². The van der Waals surface area contributed by atoms with Crippen LogP contribution in [0.3, 0.4) is 0 Å².